The van der Waals surface area contributed by atoms with Gasteiger partial charge >= 0.3 is 0 Å². The molecule has 6 heteroatoms. The summed E-state index contributed by atoms with van der Waals surface area (Å²) in [4.78, 5) is 12.6. The smallest absolute Gasteiger partial charge is 0.227 e. The van der Waals surface area contributed by atoms with Gasteiger partial charge in [0, 0.05) is 26.2 Å². The van der Waals surface area contributed by atoms with Crippen LogP contribution in [0.2, 0.25) is 0 Å². The van der Waals surface area contributed by atoms with E-state index in [1.54, 1.807) is 7.05 Å². The number of nitrogens with one attached hydrogen (secondary N) is 1. The van der Waals surface area contributed by atoms with Crippen molar-refractivity contribution >= 4 is 11.8 Å². The Morgan fingerprint density at radius 3 is 2.94 bits per heavy atom. The van der Waals surface area contributed by atoms with Gasteiger partial charge < -0.3 is 15.1 Å². The number of aromatic nitrogens is 2. The molecule has 5 nitrogen and oxygen atoms in total. The Hall–Kier alpha value is -1.43. The van der Waals surface area contributed by atoms with Crippen molar-refractivity contribution in [2.24, 2.45) is 0 Å². The standard InChI is InChI=1S/C12H20FN5/c1-14-11-10(13)7-15-12(16-11)18-6-4-5-9(8-18)17(2)3/h7,9H,4-6,8H2,1-3H3,(H,14,15,16). The van der Waals surface area contributed by atoms with E-state index in [2.05, 4.69) is 39.2 Å². The minimum absolute atomic E-state index is 0.256. The molecule has 0 amide bonds. The SMILES string of the molecule is CNc1nc(N2CCCC(N(C)C)C2)ncc1F. The number of nitrogens with zero attached hydrogens (tertiary/aromatic N) is 4. The Kier molecular flexibility index (Phi) is 3.96. The Bertz CT molecular complexity index is 409. The molecular weight excluding hydrogens is 233 g/mol. The molecular formula is C12H20FN5. The maximum atomic E-state index is 13.3. The predicted octanol–water partition coefficient (Wildman–Crippen LogP) is 1.19. The van der Waals surface area contributed by atoms with Crippen LogP contribution in [-0.4, -0.2) is 55.1 Å². The summed E-state index contributed by atoms with van der Waals surface area (Å²) in [7, 11) is 5.82. The van der Waals surface area contributed by atoms with Crippen LogP contribution in [0.4, 0.5) is 16.2 Å². The number of anilines is 2. The zero-order chi connectivity index (χ0) is 13.1. The highest BCUT2D eigenvalue weighted by Gasteiger charge is 2.23. The Balaban J connectivity index is 2.15. The first-order valence-electron chi connectivity index (χ1n) is 6.23. The molecule has 0 spiro atoms. The summed E-state index contributed by atoms with van der Waals surface area (Å²) < 4.78 is 13.3. The number of rotatable bonds is 3. The van der Waals surface area contributed by atoms with Crippen LogP contribution < -0.4 is 10.2 Å². The molecule has 1 N–H and O–H groups in total. The van der Waals surface area contributed by atoms with Crippen molar-refractivity contribution in [2.45, 2.75) is 18.9 Å². The molecule has 0 aromatic carbocycles. The maximum Gasteiger partial charge on any atom is 0.227 e. The number of piperidine rings is 1. The second kappa shape index (κ2) is 5.48. The Morgan fingerprint density at radius 2 is 2.28 bits per heavy atom. The summed E-state index contributed by atoms with van der Waals surface area (Å²) in [5.41, 5.74) is 0. The minimum atomic E-state index is -0.414. The van der Waals surface area contributed by atoms with E-state index in [-0.39, 0.29) is 5.82 Å². The van der Waals surface area contributed by atoms with E-state index in [1.165, 1.54) is 12.6 Å². The molecule has 1 saturated heterocycles. The summed E-state index contributed by atoms with van der Waals surface area (Å²) in [5, 5.41) is 2.75. The number of likely N-dealkylation sites (N-methyl/N-ethyl adjacent to an activating group) is 1. The first kappa shape index (κ1) is 13.0. The molecule has 0 bridgehead atoms. The van der Waals surface area contributed by atoms with E-state index in [1.807, 2.05) is 0 Å². The summed E-state index contributed by atoms with van der Waals surface area (Å²) in [6, 6.07) is 0.505. The molecule has 1 aliphatic heterocycles. The van der Waals surface area contributed by atoms with Gasteiger partial charge in [0.25, 0.3) is 0 Å². The fraction of sp³-hybridized carbons (Fsp3) is 0.667. The van der Waals surface area contributed by atoms with Crippen molar-refractivity contribution in [3.05, 3.63) is 12.0 Å². The molecule has 0 radical (unpaired) electrons. The fourth-order valence-electron chi connectivity index (χ4n) is 2.24. The average molecular weight is 253 g/mol. The lowest BCUT2D eigenvalue weighted by Gasteiger charge is -2.36. The second-order valence-electron chi connectivity index (χ2n) is 4.82. The summed E-state index contributed by atoms with van der Waals surface area (Å²) >= 11 is 0. The minimum Gasteiger partial charge on any atom is -0.371 e. The topological polar surface area (TPSA) is 44.3 Å². The van der Waals surface area contributed by atoms with Gasteiger partial charge in [-0.2, -0.15) is 4.98 Å². The van der Waals surface area contributed by atoms with Crippen LogP contribution in [0.15, 0.2) is 6.20 Å². The molecule has 1 aromatic heterocycles. The predicted molar refractivity (Wildman–Crippen MR) is 70.5 cm³/mol. The van der Waals surface area contributed by atoms with Gasteiger partial charge in [0.1, 0.15) is 0 Å². The van der Waals surface area contributed by atoms with Crippen LogP contribution in [0.5, 0.6) is 0 Å². The lowest BCUT2D eigenvalue weighted by molar-refractivity contribution is 0.257. The van der Waals surface area contributed by atoms with Gasteiger partial charge in [-0.3, -0.25) is 0 Å². The van der Waals surface area contributed by atoms with Crippen molar-refractivity contribution in [1.82, 2.24) is 14.9 Å². The van der Waals surface area contributed by atoms with Crippen LogP contribution in [0.3, 0.4) is 0 Å². The normalized spacial score (nSPS) is 20.3. The van der Waals surface area contributed by atoms with E-state index in [0.717, 1.165) is 19.5 Å². The van der Waals surface area contributed by atoms with E-state index in [9.17, 15) is 4.39 Å². The number of halogens is 1. The lowest BCUT2D eigenvalue weighted by atomic mass is 10.1. The van der Waals surface area contributed by atoms with Gasteiger partial charge in [0.15, 0.2) is 11.6 Å². The molecule has 1 aromatic rings. The average Bonchev–Trinajstić information content (AvgIpc) is 2.39. The fourth-order valence-corrected chi connectivity index (χ4v) is 2.24. The highest BCUT2D eigenvalue weighted by atomic mass is 19.1. The zero-order valence-electron chi connectivity index (χ0n) is 11.1. The Labute approximate surface area is 107 Å². The van der Waals surface area contributed by atoms with Crippen molar-refractivity contribution in [1.29, 1.82) is 0 Å². The summed E-state index contributed by atoms with van der Waals surface area (Å²) in [5.74, 6) is 0.446. The van der Waals surface area contributed by atoms with E-state index in [0.29, 0.717) is 12.0 Å². The highest BCUT2D eigenvalue weighted by Crippen LogP contribution is 2.20. The van der Waals surface area contributed by atoms with Crippen molar-refractivity contribution < 1.29 is 4.39 Å². The first-order valence-corrected chi connectivity index (χ1v) is 6.23. The molecule has 0 aliphatic carbocycles. The maximum absolute atomic E-state index is 13.3. The van der Waals surface area contributed by atoms with Crippen LogP contribution in [-0.2, 0) is 0 Å². The molecule has 1 aliphatic rings. The lowest BCUT2D eigenvalue weighted by Crippen LogP contribution is -2.45. The second-order valence-corrected chi connectivity index (χ2v) is 4.82. The van der Waals surface area contributed by atoms with Crippen molar-refractivity contribution in [3.8, 4) is 0 Å². The van der Waals surface area contributed by atoms with Gasteiger partial charge in [-0.25, -0.2) is 9.37 Å². The highest BCUT2D eigenvalue weighted by molar-refractivity contribution is 5.42. The quantitative estimate of drug-likeness (QED) is 0.876. The van der Waals surface area contributed by atoms with Crippen LogP contribution in [0.1, 0.15) is 12.8 Å². The molecule has 2 rings (SSSR count). The third-order valence-electron chi connectivity index (χ3n) is 3.38. The molecule has 1 unspecified atom stereocenters. The third-order valence-corrected chi connectivity index (χ3v) is 3.38. The van der Waals surface area contributed by atoms with Gasteiger partial charge in [-0.15, -0.1) is 0 Å². The monoisotopic (exact) mass is 253 g/mol. The molecule has 1 fully saturated rings. The van der Waals surface area contributed by atoms with E-state index >= 15 is 0 Å². The zero-order valence-corrected chi connectivity index (χ0v) is 11.1. The van der Waals surface area contributed by atoms with Gasteiger partial charge in [0.2, 0.25) is 5.95 Å². The van der Waals surface area contributed by atoms with Gasteiger partial charge in [-0.05, 0) is 26.9 Å². The number of hydrogen-bond donors (Lipinski definition) is 1. The van der Waals surface area contributed by atoms with Crippen LogP contribution in [0.25, 0.3) is 0 Å². The molecule has 0 saturated carbocycles. The first-order chi connectivity index (χ1) is 8.61. The Morgan fingerprint density at radius 1 is 1.50 bits per heavy atom. The third kappa shape index (κ3) is 2.69. The molecule has 18 heavy (non-hydrogen) atoms. The van der Waals surface area contributed by atoms with Gasteiger partial charge in [-0.1, -0.05) is 0 Å². The molecule has 2 heterocycles. The summed E-state index contributed by atoms with van der Waals surface area (Å²) in [6.45, 7) is 1.82. The van der Waals surface area contributed by atoms with Crippen molar-refractivity contribution in [3.63, 3.8) is 0 Å². The van der Waals surface area contributed by atoms with E-state index < -0.39 is 5.82 Å². The van der Waals surface area contributed by atoms with Gasteiger partial charge in [0.05, 0.1) is 6.20 Å². The number of hydrogen-bond acceptors (Lipinski definition) is 5. The largest absolute Gasteiger partial charge is 0.371 e. The van der Waals surface area contributed by atoms with E-state index in [4.69, 9.17) is 0 Å². The summed E-state index contributed by atoms with van der Waals surface area (Å²) in [6.07, 6.45) is 3.52. The molecule has 100 valence electrons. The molecule has 1 atom stereocenters. The van der Waals surface area contributed by atoms with Crippen molar-refractivity contribution in [2.75, 3.05) is 44.4 Å². The van der Waals surface area contributed by atoms with Crippen LogP contribution in [0, 0.1) is 5.82 Å². The van der Waals surface area contributed by atoms with Crippen LogP contribution >= 0.6 is 0 Å².